The molecule has 0 amide bonds. The minimum atomic E-state index is -0.944. The van der Waals surface area contributed by atoms with Gasteiger partial charge in [-0.05, 0) is 32.1 Å². The average molecular weight is 242 g/mol. The van der Waals surface area contributed by atoms with Crippen LogP contribution >= 0.6 is 0 Å². The summed E-state index contributed by atoms with van der Waals surface area (Å²) in [6.07, 6.45) is 4.18. The molecule has 4 unspecified atom stereocenters. The lowest BCUT2D eigenvalue weighted by atomic mass is 9.96. The van der Waals surface area contributed by atoms with E-state index < -0.39 is 17.8 Å². The van der Waals surface area contributed by atoms with Crippen molar-refractivity contribution in [2.24, 2.45) is 11.8 Å². The number of hydrogen-bond acceptors (Lipinski definition) is 4. The molecule has 1 aliphatic heterocycles. The molecule has 2 rings (SSSR count). The van der Waals surface area contributed by atoms with E-state index in [1.165, 1.54) is 0 Å². The second kappa shape index (κ2) is 5.60. The summed E-state index contributed by atoms with van der Waals surface area (Å²) in [6, 6.07) is 0. The summed E-state index contributed by atoms with van der Waals surface area (Å²) >= 11 is 0. The number of carbonyl (C=O) groups is 2. The fourth-order valence-electron chi connectivity index (χ4n) is 2.65. The number of carboxylic acids is 1. The Kier molecular flexibility index (Phi) is 4.12. The maximum atomic E-state index is 11.1. The number of carbonyl (C=O) groups excluding carboxylic acids is 1. The van der Waals surface area contributed by atoms with Crippen LogP contribution in [0.4, 0.5) is 0 Å². The summed E-state index contributed by atoms with van der Waals surface area (Å²) in [4.78, 5) is 22.0. The maximum absolute atomic E-state index is 11.1. The van der Waals surface area contributed by atoms with Crippen LogP contribution in [0.25, 0.3) is 0 Å². The lowest BCUT2D eigenvalue weighted by Gasteiger charge is -2.28. The maximum Gasteiger partial charge on any atom is 0.309 e. The molecule has 0 aromatic carbocycles. The number of hydrogen-bond donors (Lipinski definition) is 1. The van der Waals surface area contributed by atoms with E-state index in [2.05, 4.69) is 0 Å². The monoisotopic (exact) mass is 242 g/mol. The Labute approximate surface area is 100 Å². The van der Waals surface area contributed by atoms with E-state index in [-0.39, 0.29) is 12.4 Å². The van der Waals surface area contributed by atoms with Crippen molar-refractivity contribution in [1.82, 2.24) is 0 Å². The van der Waals surface area contributed by atoms with E-state index in [4.69, 9.17) is 14.6 Å². The van der Waals surface area contributed by atoms with Crippen LogP contribution < -0.4 is 0 Å². The number of carboxylic acid groups (broad SMARTS) is 1. The third-order valence-electron chi connectivity index (χ3n) is 3.57. The fourth-order valence-corrected chi connectivity index (χ4v) is 2.65. The van der Waals surface area contributed by atoms with Crippen LogP contribution in [0.2, 0.25) is 0 Å². The lowest BCUT2D eigenvalue weighted by molar-refractivity contribution is -0.199. The molecule has 0 bridgehead atoms. The van der Waals surface area contributed by atoms with Gasteiger partial charge in [-0.25, -0.2) is 0 Å². The predicted molar refractivity (Wildman–Crippen MR) is 58.4 cm³/mol. The SMILES string of the molecule is O=CC1CCC(OC2CCCCO2)C1C(=O)O. The molecule has 4 atom stereocenters. The second-order valence-electron chi connectivity index (χ2n) is 4.71. The van der Waals surface area contributed by atoms with E-state index >= 15 is 0 Å². The first-order chi connectivity index (χ1) is 8.22. The van der Waals surface area contributed by atoms with Crippen molar-refractivity contribution < 1.29 is 24.2 Å². The molecule has 1 saturated carbocycles. The Morgan fingerprint density at radius 2 is 2.12 bits per heavy atom. The Morgan fingerprint density at radius 1 is 1.29 bits per heavy atom. The third-order valence-corrected chi connectivity index (χ3v) is 3.57. The van der Waals surface area contributed by atoms with Gasteiger partial charge < -0.3 is 19.4 Å². The first-order valence-electron chi connectivity index (χ1n) is 6.17. The average Bonchev–Trinajstić information content (AvgIpc) is 2.73. The first-order valence-corrected chi connectivity index (χ1v) is 6.17. The van der Waals surface area contributed by atoms with E-state index in [0.29, 0.717) is 19.4 Å². The molecule has 17 heavy (non-hydrogen) atoms. The quantitative estimate of drug-likeness (QED) is 0.750. The van der Waals surface area contributed by atoms with Gasteiger partial charge in [0.25, 0.3) is 0 Å². The highest BCUT2D eigenvalue weighted by molar-refractivity contribution is 5.76. The highest BCUT2D eigenvalue weighted by Gasteiger charge is 2.43. The normalized spacial score (nSPS) is 37.9. The smallest absolute Gasteiger partial charge is 0.309 e. The summed E-state index contributed by atoms with van der Waals surface area (Å²) < 4.78 is 11.1. The molecule has 96 valence electrons. The molecule has 1 N–H and O–H groups in total. The van der Waals surface area contributed by atoms with E-state index in [1.807, 2.05) is 0 Å². The topological polar surface area (TPSA) is 72.8 Å². The first kappa shape index (κ1) is 12.5. The second-order valence-corrected chi connectivity index (χ2v) is 4.71. The molecule has 2 fully saturated rings. The van der Waals surface area contributed by atoms with Gasteiger partial charge in [0, 0.05) is 12.5 Å². The van der Waals surface area contributed by atoms with Gasteiger partial charge >= 0.3 is 5.97 Å². The molecule has 1 aliphatic carbocycles. The molecule has 5 nitrogen and oxygen atoms in total. The number of rotatable bonds is 4. The van der Waals surface area contributed by atoms with Crippen molar-refractivity contribution in [3.8, 4) is 0 Å². The van der Waals surface area contributed by atoms with Crippen molar-refractivity contribution in [3.05, 3.63) is 0 Å². The van der Waals surface area contributed by atoms with Gasteiger partial charge in [0.15, 0.2) is 6.29 Å². The van der Waals surface area contributed by atoms with Crippen LogP contribution in [0.3, 0.4) is 0 Å². The fraction of sp³-hybridized carbons (Fsp3) is 0.833. The molecular weight excluding hydrogens is 224 g/mol. The van der Waals surface area contributed by atoms with Gasteiger partial charge in [-0.1, -0.05) is 0 Å². The van der Waals surface area contributed by atoms with Crippen molar-refractivity contribution in [2.75, 3.05) is 6.61 Å². The number of ether oxygens (including phenoxy) is 2. The Bertz CT molecular complexity index is 285. The van der Waals surface area contributed by atoms with Crippen LogP contribution in [0.5, 0.6) is 0 Å². The molecule has 5 heteroatoms. The predicted octanol–water partition coefficient (Wildman–Crippen LogP) is 1.21. The standard InChI is InChI=1S/C12H18O5/c13-7-8-4-5-9(11(8)12(14)15)17-10-3-1-2-6-16-10/h7-11H,1-6H2,(H,14,15). The molecular formula is C12H18O5. The largest absolute Gasteiger partial charge is 0.481 e. The van der Waals surface area contributed by atoms with Gasteiger partial charge in [0.05, 0.1) is 12.0 Å². The van der Waals surface area contributed by atoms with Crippen LogP contribution in [0.1, 0.15) is 32.1 Å². The molecule has 2 aliphatic rings. The number of aliphatic carboxylic acids is 1. The number of aldehydes is 1. The summed E-state index contributed by atoms with van der Waals surface area (Å²) in [6.45, 7) is 0.673. The van der Waals surface area contributed by atoms with Crippen LogP contribution in [-0.2, 0) is 19.1 Å². The van der Waals surface area contributed by atoms with E-state index in [1.54, 1.807) is 0 Å². The van der Waals surface area contributed by atoms with Gasteiger partial charge in [-0.15, -0.1) is 0 Å². The zero-order valence-corrected chi connectivity index (χ0v) is 9.71. The van der Waals surface area contributed by atoms with E-state index in [0.717, 1.165) is 25.5 Å². The van der Waals surface area contributed by atoms with Gasteiger partial charge in [0.1, 0.15) is 6.29 Å². The van der Waals surface area contributed by atoms with Crippen molar-refractivity contribution in [1.29, 1.82) is 0 Å². The highest BCUT2D eigenvalue weighted by atomic mass is 16.7. The summed E-state index contributed by atoms with van der Waals surface area (Å²) in [5.74, 6) is -2.07. The van der Waals surface area contributed by atoms with Crippen LogP contribution in [0.15, 0.2) is 0 Å². The van der Waals surface area contributed by atoms with Crippen molar-refractivity contribution in [3.63, 3.8) is 0 Å². The lowest BCUT2D eigenvalue weighted by Crippen LogP contribution is -2.35. The van der Waals surface area contributed by atoms with E-state index in [9.17, 15) is 9.59 Å². The molecule has 1 saturated heterocycles. The zero-order chi connectivity index (χ0) is 12.3. The minimum absolute atomic E-state index is 0.291. The molecule has 0 radical (unpaired) electrons. The highest BCUT2D eigenvalue weighted by Crippen LogP contribution is 2.34. The van der Waals surface area contributed by atoms with Crippen LogP contribution in [0, 0.1) is 11.8 Å². The molecule has 0 aromatic rings. The Hall–Kier alpha value is -0.940. The van der Waals surface area contributed by atoms with Crippen molar-refractivity contribution >= 4 is 12.3 Å². The Balaban J connectivity index is 1.94. The van der Waals surface area contributed by atoms with Crippen LogP contribution in [-0.4, -0.2) is 36.4 Å². The zero-order valence-electron chi connectivity index (χ0n) is 9.71. The van der Waals surface area contributed by atoms with Gasteiger partial charge in [0.2, 0.25) is 0 Å². The molecule has 0 spiro atoms. The van der Waals surface area contributed by atoms with Gasteiger partial charge in [-0.3, -0.25) is 4.79 Å². The molecule has 1 heterocycles. The Morgan fingerprint density at radius 3 is 2.71 bits per heavy atom. The summed E-state index contributed by atoms with van der Waals surface area (Å²) in [5.41, 5.74) is 0. The summed E-state index contributed by atoms with van der Waals surface area (Å²) in [5, 5.41) is 9.13. The third kappa shape index (κ3) is 2.84. The summed E-state index contributed by atoms with van der Waals surface area (Å²) in [7, 11) is 0. The van der Waals surface area contributed by atoms with Gasteiger partial charge in [-0.2, -0.15) is 0 Å². The minimum Gasteiger partial charge on any atom is -0.481 e. The van der Waals surface area contributed by atoms with Crippen molar-refractivity contribution in [2.45, 2.75) is 44.5 Å². The molecule has 0 aromatic heterocycles.